The number of hydrogen-bond acceptors (Lipinski definition) is 4. The highest BCUT2D eigenvalue weighted by Gasteiger charge is 2.16. The number of rotatable bonds is 5. The normalized spacial score (nSPS) is 12.0. The molecule has 1 aromatic rings. The molecule has 7 heteroatoms. The van der Waals surface area contributed by atoms with Gasteiger partial charge >= 0.3 is 0 Å². The molecule has 0 aliphatic rings. The molecule has 0 unspecified atom stereocenters. The molecule has 1 rings (SSSR count). The van der Waals surface area contributed by atoms with E-state index in [-0.39, 0.29) is 29.6 Å². The second kappa shape index (κ2) is 8.46. The molecule has 6 nitrogen and oxygen atoms in total. The molecule has 0 radical (unpaired) electrons. The molecule has 0 aliphatic carbocycles. The van der Waals surface area contributed by atoms with E-state index in [1.165, 1.54) is 0 Å². The minimum atomic E-state index is -0.242. The maximum absolute atomic E-state index is 5.49. The monoisotopic (exact) mass is 396 g/mol. The second-order valence-electron chi connectivity index (χ2n) is 4.99. The number of aryl methyl sites for hydroxylation is 2. The van der Waals surface area contributed by atoms with Gasteiger partial charge in [-0.2, -0.15) is 0 Å². The van der Waals surface area contributed by atoms with E-state index in [1.807, 2.05) is 27.7 Å². The van der Waals surface area contributed by atoms with Crippen molar-refractivity contribution in [3.8, 4) is 0 Å². The predicted molar refractivity (Wildman–Crippen MR) is 90.7 cm³/mol. The Hall–Kier alpha value is -0.830. The molecule has 0 saturated carbocycles. The van der Waals surface area contributed by atoms with Gasteiger partial charge in [0.25, 0.3) is 0 Å². The van der Waals surface area contributed by atoms with E-state index < -0.39 is 0 Å². The minimum Gasteiger partial charge on any atom is -0.444 e. The lowest BCUT2D eigenvalue weighted by atomic mass is 10.1. The van der Waals surface area contributed by atoms with Gasteiger partial charge in [-0.1, -0.05) is 0 Å². The second-order valence-corrected chi connectivity index (χ2v) is 4.99. The third-order valence-corrected chi connectivity index (χ3v) is 2.94. The fourth-order valence-corrected chi connectivity index (χ4v) is 1.36. The molecule has 2 N–H and O–H groups in total. The van der Waals surface area contributed by atoms with Gasteiger partial charge in [0, 0.05) is 20.7 Å². The van der Waals surface area contributed by atoms with E-state index in [2.05, 4.69) is 20.6 Å². The van der Waals surface area contributed by atoms with Crippen molar-refractivity contribution in [3.05, 3.63) is 17.3 Å². The summed E-state index contributed by atoms with van der Waals surface area (Å²) in [6, 6.07) is 0. The number of ether oxygens (including phenoxy) is 1. The fourth-order valence-electron chi connectivity index (χ4n) is 1.36. The molecule has 0 atom stereocenters. The van der Waals surface area contributed by atoms with Gasteiger partial charge in [-0.25, -0.2) is 4.98 Å². The Morgan fingerprint density at radius 2 is 2.00 bits per heavy atom. The van der Waals surface area contributed by atoms with Crippen LogP contribution in [0.4, 0.5) is 0 Å². The molecular formula is C13H25IN4O2. The van der Waals surface area contributed by atoms with Crippen LogP contribution in [-0.4, -0.2) is 37.2 Å². The molecular weight excluding hydrogens is 371 g/mol. The Kier molecular flexibility index (Phi) is 8.10. The number of aromatic nitrogens is 1. The van der Waals surface area contributed by atoms with Crippen molar-refractivity contribution in [3.63, 3.8) is 0 Å². The molecule has 0 saturated heterocycles. The van der Waals surface area contributed by atoms with Gasteiger partial charge in [-0.3, -0.25) is 4.99 Å². The van der Waals surface area contributed by atoms with E-state index in [0.29, 0.717) is 24.9 Å². The van der Waals surface area contributed by atoms with E-state index in [0.717, 1.165) is 11.5 Å². The summed E-state index contributed by atoms with van der Waals surface area (Å²) in [5, 5.41) is 6.35. The third kappa shape index (κ3) is 6.08. The third-order valence-electron chi connectivity index (χ3n) is 2.94. The standard InChI is InChI=1S/C13H24N4O2.HI/c1-9-10(2)19-11(17-9)7-15-12(14-5)16-8-13(3,4)18-6;/h7-8H2,1-6H3,(H2,14,15,16);1H. The average molecular weight is 396 g/mol. The highest BCUT2D eigenvalue weighted by atomic mass is 127. The largest absolute Gasteiger partial charge is 0.444 e. The Morgan fingerprint density at radius 1 is 1.35 bits per heavy atom. The number of nitrogens with zero attached hydrogens (tertiary/aromatic N) is 2. The highest BCUT2D eigenvalue weighted by molar-refractivity contribution is 14.0. The van der Waals surface area contributed by atoms with Gasteiger partial charge in [-0.05, 0) is 27.7 Å². The molecule has 0 aromatic carbocycles. The SMILES string of the molecule is CN=C(NCc1nc(C)c(C)o1)NCC(C)(C)OC.I. The molecule has 116 valence electrons. The quantitative estimate of drug-likeness (QED) is 0.453. The predicted octanol–water partition coefficient (Wildman–Crippen LogP) is 2.00. The first-order valence-corrected chi connectivity index (χ1v) is 6.30. The summed E-state index contributed by atoms with van der Waals surface area (Å²) in [6.45, 7) is 9.01. The molecule has 0 aliphatic heterocycles. The smallest absolute Gasteiger partial charge is 0.214 e. The Morgan fingerprint density at radius 3 is 2.45 bits per heavy atom. The number of halogens is 1. The molecule has 0 bridgehead atoms. The summed E-state index contributed by atoms with van der Waals surface area (Å²) in [5.74, 6) is 2.20. The Bertz CT molecular complexity index is 424. The lowest BCUT2D eigenvalue weighted by molar-refractivity contribution is 0.0268. The van der Waals surface area contributed by atoms with Crippen LogP contribution in [0, 0.1) is 13.8 Å². The zero-order valence-corrected chi connectivity index (χ0v) is 15.4. The summed E-state index contributed by atoms with van der Waals surface area (Å²) in [4.78, 5) is 8.44. The maximum Gasteiger partial charge on any atom is 0.214 e. The van der Waals surface area contributed by atoms with Gasteiger partial charge < -0.3 is 19.8 Å². The lowest BCUT2D eigenvalue weighted by Crippen LogP contribution is -2.45. The number of nitrogens with one attached hydrogen (secondary N) is 2. The van der Waals surface area contributed by atoms with Gasteiger partial charge in [0.2, 0.25) is 5.89 Å². The Balaban J connectivity index is 0.00000361. The molecule has 0 spiro atoms. The first-order chi connectivity index (χ1) is 8.88. The van der Waals surface area contributed by atoms with Crippen LogP contribution >= 0.6 is 24.0 Å². The van der Waals surface area contributed by atoms with Crippen molar-refractivity contribution < 1.29 is 9.15 Å². The van der Waals surface area contributed by atoms with Crippen LogP contribution in [0.15, 0.2) is 9.41 Å². The van der Waals surface area contributed by atoms with Crippen LogP contribution in [0.3, 0.4) is 0 Å². The van der Waals surface area contributed by atoms with Crippen LogP contribution in [0.2, 0.25) is 0 Å². The van der Waals surface area contributed by atoms with Crippen molar-refractivity contribution in [1.29, 1.82) is 0 Å². The topological polar surface area (TPSA) is 71.7 Å². The van der Waals surface area contributed by atoms with Crippen molar-refractivity contribution in [2.24, 2.45) is 4.99 Å². The summed E-state index contributed by atoms with van der Waals surface area (Å²) in [6.07, 6.45) is 0. The van der Waals surface area contributed by atoms with Gasteiger partial charge in [0.15, 0.2) is 5.96 Å². The number of aliphatic imine (C=N–C) groups is 1. The molecule has 1 aromatic heterocycles. The van der Waals surface area contributed by atoms with Crippen LogP contribution in [0.5, 0.6) is 0 Å². The molecule has 0 fully saturated rings. The van der Waals surface area contributed by atoms with Gasteiger partial charge in [0.05, 0.1) is 17.8 Å². The number of hydrogen-bond donors (Lipinski definition) is 2. The van der Waals surface area contributed by atoms with Gasteiger partial charge in [0.1, 0.15) is 5.76 Å². The van der Waals surface area contributed by atoms with Crippen LogP contribution in [0.1, 0.15) is 31.2 Å². The average Bonchev–Trinajstić information content (AvgIpc) is 2.69. The molecule has 1 heterocycles. The molecule has 20 heavy (non-hydrogen) atoms. The van der Waals surface area contributed by atoms with Crippen LogP contribution in [0.25, 0.3) is 0 Å². The maximum atomic E-state index is 5.49. The van der Waals surface area contributed by atoms with Gasteiger partial charge in [-0.15, -0.1) is 24.0 Å². The molecule has 0 amide bonds. The summed E-state index contributed by atoms with van der Waals surface area (Å²) >= 11 is 0. The van der Waals surface area contributed by atoms with E-state index in [1.54, 1.807) is 14.2 Å². The summed E-state index contributed by atoms with van der Waals surface area (Å²) < 4.78 is 10.8. The van der Waals surface area contributed by atoms with Crippen molar-refractivity contribution in [2.45, 2.75) is 39.8 Å². The first kappa shape index (κ1) is 19.2. The minimum absolute atomic E-state index is 0. The van der Waals surface area contributed by atoms with E-state index in [4.69, 9.17) is 9.15 Å². The fraction of sp³-hybridized carbons (Fsp3) is 0.692. The summed E-state index contributed by atoms with van der Waals surface area (Å²) in [5.41, 5.74) is 0.675. The van der Waals surface area contributed by atoms with Crippen molar-refractivity contribution in [1.82, 2.24) is 15.6 Å². The number of methoxy groups -OCH3 is 1. The van der Waals surface area contributed by atoms with E-state index in [9.17, 15) is 0 Å². The van der Waals surface area contributed by atoms with Crippen molar-refractivity contribution in [2.75, 3.05) is 20.7 Å². The number of guanidine groups is 1. The number of oxazole rings is 1. The highest BCUT2D eigenvalue weighted by Crippen LogP contribution is 2.07. The first-order valence-electron chi connectivity index (χ1n) is 6.30. The zero-order valence-electron chi connectivity index (χ0n) is 13.0. The van der Waals surface area contributed by atoms with E-state index >= 15 is 0 Å². The Labute approximate surface area is 137 Å². The summed E-state index contributed by atoms with van der Waals surface area (Å²) in [7, 11) is 3.41. The van der Waals surface area contributed by atoms with Crippen LogP contribution < -0.4 is 10.6 Å². The zero-order chi connectivity index (χ0) is 14.5. The van der Waals surface area contributed by atoms with Crippen molar-refractivity contribution >= 4 is 29.9 Å². The van der Waals surface area contributed by atoms with Crippen LogP contribution in [-0.2, 0) is 11.3 Å². The lowest BCUT2D eigenvalue weighted by Gasteiger charge is -2.24.